The lowest BCUT2D eigenvalue weighted by atomic mass is 10.1. The summed E-state index contributed by atoms with van der Waals surface area (Å²) in [5.41, 5.74) is 2.52. The van der Waals surface area contributed by atoms with Crippen molar-refractivity contribution in [3.63, 3.8) is 0 Å². The van der Waals surface area contributed by atoms with Gasteiger partial charge in [-0.2, -0.15) is 4.98 Å². The number of aliphatic hydroxyl groups is 1. The molecule has 4 rings (SSSR count). The summed E-state index contributed by atoms with van der Waals surface area (Å²) in [5, 5.41) is 17.6. The highest BCUT2D eigenvalue weighted by molar-refractivity contribution is 5.99. The van der Waals surface area contributed by atoms with Crippen LogP contribution in [0, 0.1) is 13.8 Å². The van der Waals surface area contributed by atoms with Crippen molar-refractivity contribution < 1.29 is 33.4 Å². The van der Waals surface area contributed by atoms with E-state index >= 15 is 0 Å². The zero-order valence-electron chi connectivity index (χ0n) is 27.9. The molecule has 0 bridgehead atoms. The number of hydrogen-bond donors (Lipinski definition) is 2. The van der Waals surface area contributed by atoms with Gasteiger partial charge in [0.15, 0.2) is 0 Å². The van der Waals surface area contributed by atoms with Crippen LogP contribution in [0.5, 0.6) is 5.75 Å². The maximum Gasteiger partial charge on any atom is 0.437 e. The van der Waals surface area contributed by atoms with Crippen LogP contribution in [0.3, 0.4) is 0 Å². The first kappa shape index (κ1) is 34.4. The summed E-state index contributed by atoms with van der Waals surface area (Å²) in [5.74, 6) is 1.01. The average molecular weight is 636 g/mol. The summed E-state index contributed by atoms with van der Waals surface area (Å²) < 4.78 is 22.4. The van der Waals surface area contributed by atoms with Crippen molar-refractivity contribution in [3.05, 3.63) is 65.0 Å². The average Bonchev–Trinajstić information content (AvgIpc) is 3.57. The van der Waals surface area contributed by atoms with E-state index in [9.17, 15) is 14.7 Å². The molecule has 46 heavy (non-hydrogen) atoms. The number of aliphatic imine (C=N–C) groups is 1. The molecule has 2 aromatic carbocycles. The second-order valence-electron chi connectivity index (χ2n) is 13.4. The van der Waals surface area contributed by atoms with Gasteiger partial charge in [0.05, 0.1) is 12.7 Å². The van der Waals surface area contributed by atoms with E-state index in [2.05, 4.69) is 51.6 Å². The molecule has 2 heterocycles. The van der Waals surface area contributed by atoms with Gasteiger partial charge in [-0.15, -0.1) is 4.99 Å². The van der Waals surface area contributed by atoms with Crippen LogP contribution in [0.1, 0.15) is 83.0 Å². The van der Waals surface area contributed by atoms with Gasteiger partial charge in [0.2, 0.25) is 11.8 Å². The van der Waals surface area contributed by atoms with Gasteiger partial charge in [0.25, 0.3) is 5.89 Å². The number of nitrogens with zero attached hydrogens (tertiary/aromatic N) is 4. The summed E-state index contributed by atoms with van der Waals surface area (Å²) in [6.45, 7) is 15.1. The van der Waals surface area contributed by atoms with E-state index in [0.717, 1.165) is 24.2 Å². The predicted octanol–water partition coefficient (Wildman–Crippen LogP) is 6.29. The van der Waals surface area contributed by atoms with Gasteiger partial charge in [-0.1, -0.05) is 35.0 Å². The van der Waals surface area contributed by atoms with Crippen molar-refractivity contribution in [2.75, 3.05) is 13.2 Å². The quantitative estimate of drug-likeness (QED) is 0.172. The summed E-state index contributed by atoms with van der Waals surface area (Å²) in [6.07, 6.45) is -0.576. The molecule has 2 N–H and O–H groups in total. The molecule has 1 aliphatic heterocycles. The minimum absolute atomic E-state index is 0.0944. The fourth-order valence-corrected chi connectivity index (χ4v) is 4.88. The number of hydrogen-bond acceptors (Lipinski definition) is 9. The molecule has 3 aromatic rings. The minimum Gasteiger partial charge on any atom is -0.493 e. The number of nitrogens with one attached hydrogen (secondary N) is 1. The number of alkyl carbamates (subject to hydrolysis) is 1. The molecule has 2 atom stereocenters. The van der Waals surface area contributed by atoms with Crippen molar-refractivity contribution in [1.82, 2.24) is 20.4 Å². The Balaban J connectivity index is 1.49. The number of benzene rings is 2. The van der Waals surface area contributed by atoms with Crippen LogP contribution in [0.15, 0.2) is 52.0 Å². The fourth-order valence-electron chi connectivity index (χ4n) is 4.88. The van der Waals surface area contributed by atoms with Crippen LogP contribution in [0.2, 0.25) is 0 Å². The topological polar surface area (TPSA) is 149 Å². The molecule has 2 amide bonds. The third kappa shape index (κ3) is 9.77. The van der Waals surface area contributed by atoms with Crippen LogP contribution in [-0.2, 0) is 15.9 Å². The van der Waals surface area contributed by atoms with Crippen molar-refractivity contribution >= 4 is 18.1 Å². The van der Waals surface area contributed by atoms with E-state index in [1.165, 1.54) is 16.0 Å². The number of amides is 2. The molecule has 0 spiro atoms. The molecule has 0 radical (unpaired) electrons. The van der Waals surface area contributed by atoms with E-state index in [4.69, 9.17) is 18.7 Å². The molecule has 0 aliphatic carbocycles. The van der Waals surface area contributed by atoms with E-state index in [0.29, 0.717) is 24.4 Å². The second kappa shape index (κ2) is 14.3. The lowest BCUT2D eigenvalue weighted by molar-refractivity contribution is 0.0546. The van der Waals surface area contributed by atoms with Crippen LogP contribution < -0.4 is 10.1 Å². The Morgan fingerprint density at radius 1 is 1.04 bits per heavy atom. The van der Waals surface area contributed by atoms with Crippen molar-refractivity contribution in [2.24, 2.45) is 4.99 Å². The fraction of sp³-hybridized carbons (Fsp3) is 0.500. The van der Waals surface area contributed by atoms with Gasteiger partial charge in [-0.25, -0.2) is 9.59 Å². The highest BCUT2D eigenvalue weighted by Crippen LogP contribution is 2.33. The number of carbonyl (C=O) groups is 2. The van der Waals surface area contributed by atoms with Gasteiger partial charge in [-0.05, 0) is 104 Å². The number of guanidine groups is 1. The minimum atomic E-state index is -0.949. The molecule has 12 nitrogen and oxygen atoms in total. The maximum atomic E-state index is 12.7. The lowest BCUT2D eigenvalue weighted by Crippen LogP contribution is -2.47. The van der Waals surface area contributed by atoms with Crippen LogP contribution in [0.4, 0.5) is 9.59 Å². The van der Waals surface area contributed by atoms with Gasteiger partial charge >= 0.3 is 12.2 Å². The molecule has 248 valence electrons. The lowest BCUT2D eigenvalue weighted by Gasteiger charge is -2.28. The van der Waals surface area contributed by atoms with E-state index < -0.39 is 35.5 Å². The molecule has 1 aliphatic rings. The van der Waals surface area contributed by atoms with Crippen molar-refractivity contribution in [1.29, 1.82) is 0 Å². The molecule has 12 heteroatoms. The van der Waals surface area contributed by atoms with Gasteiger partial charge in [-0.3, -0.25) is 5.32 Å². The highest BCUT2D eigenvalue weighted by atomic mass is 16.6. The van der Waals surface area contributed by atoms with Crippen molar-refractivity contribution in [3.8, 4) is 17.1 Å². The van der Waals surface area contributed by atoms with Gasteiger partial charge in [0.1, 0.15) is 23.0 Å². The summed E-state index contributed by atoms with van der Waals surface area (Å²) in [6, 6.07) is 13.3. The zero-order valence-corrected chi connectivity index (χ0v) is 27.9. The Morgan fingerprint density at radius 2 is 1.74 bits per heavy atom. The number of aromatic nitrogens is 2. The molecule has 1 saturated heterocycles. The van der Waals surface area contributed by atoms with E-state index in [1.54, 1.807) is 41.5 Å². The third-order valence-corrected chi connectivity index (χ3v) is 6.96. The molecular formula is C34H45N5O7. The Hall–Kier alpha value is -4.45. The first-order valence-electron chi connectivity index (χ1n) is 15.5. The standard InChI is InChI=1S/C34H45N5O7/c1-21-11-13-23(14-12-21)10-9-19-43-26-16-15-24(20-22(26)2)28-35-29(46-38-28)27-25(40)17-18-39(27)30(36-31(41)44-33(3,4)5)37-32(42)45-34(6,7)8/h11-16,20,25,27,40H,9-10,17-19H2,1-8H3,(H,36,37,41,42)/t25-,27-/m0/s1. The third-order valence-electron chi connectivity index (χ3n) is 6.96. The highest BCUT2D eigenvalue weighted by Gasteiger charge is 2.41. The Labute approximate surface area is 270 Å². The first-order valence-corrected chi connectivity index (χ1v) is 15.5. The van der Waals surface area contributed by atoms with Gasteiger partial charge in [0, 0.05) is 12.1 Å². The number of aryl methyl sites for hydroxylation is 3. The number of carbonyl (C=O) groups excluding carboxylic acids is 2. The zero-order chi connectivity index (χ0) is 33.6. The summed E-state index contributed by atoms with van der Waals surface area (Å²) in [4.78, 5) is 35.5. The molecule has 0 unspecified atom stereocenters. The molecule has 1 fully saturated rings. The molecule has 1 aromatic heterocycles. The van der Waals surface area contributed by atoms with Gasteiger partial charge < -0.3 is 28.7 Å². The SMILES string of the molecule is Cc1ccc(CCCOc2ccc(-c3noc([C@@H]4[C@@H](O)CCN4C(=NC(=O)OC(C)(C)C)NC(=O)OC(C)(C)C)n3)cc2C)cc1. The summed E-state index contributed by atoms with van der Waals surface area (Å²) >= 11 is 0. The largest absolute Gasteiger partial charge is 0.493 e. The Kier molecular flexibility index (Phi) is 10.7. The number of likely N-dealkylation sites (tertiary alicyclic amines) is 1. The maximum absolute atomic E-state index is 12.7. The van der Waals surface area contributed by atoms with E-state index in [1.807, 2.05) is 25.1 Å². The van der Waals surface area contributed by atoms with Crippen molar-refractivity contribution in [2.45, 2.75) is 98.0 Å². The van der Waals surface area contributed by atoms with Crippen LogP contribution in [-0.4, -0.2) is 68.8 Å². The smallest absolute Gasteiger partial charge is 0.437 e. The summed E-state index contributed by atoms with van der Waals surface area (Å²) in [7, 11) is 0. The number of aliphatic hydroxyl groups excluding tert-OH is 1. The number of rotatable bonds is 7. The Bertz CT molecular complexity index is 1540. The molecular weight excluding hydrogens is 590 g/mol. The monoisotopic (exact) mass is 635 g/mol. The van der Waals surface area contributed by atoms with Crippen LogP contribution >= 0.6 is 0 Å². The predicted molar refractivity (Wildman–Crippen MR) is 173 cm³/mol. The first-order chi connectivity index (χ1) is 21.6. The number of ether oxygens (including phenoxy) is 3. The van der Waals surface area contributed by atoms with Crippen LogP contribution in [0.25, 0.3) is 11.4 Å². The second-order valence-corrected chi connectivity index (χ2v) is 13.4. The molecule has 0 saturated carbocycles. The Morgan fingerprint density at radius 3 is 2.39 bits per heavy atom. The normalized spacial score (nSPS) is 17.2. The van der Waals surface area contributed by atoms with E-state index in [-0.39, 0.29) is 18.4 Å².